The summed E-state index contributed by atoms with van der Waals surface area (Å²) in [5.74, 6) is -0.527. The molecule has 5 aromatic rings. The van der Waals surface area contributed by atoms with Crippen LogP contribution in [0.25, 0.3) is 28.0 Å². The van der Waals surface area contributed by atoms with Gasteiger partial charge >= 0.3 is 0 Å². The van der Waals surface area contributed by atoms with Gasteiger partial charge in [0.15, 0.2) is 12.4 Å². The maximum Gasteiger partial charge on any atom is 0.295 e. The number of ether oxygens (including phenoxy) is 1. The number of para-hydroxylation sites is 1. The molecular formula is C32H30ClN3O5. The predicted molar refractivity (Wildman–Crippen MR) is 162 cm³/mol. The molecule has 0 bridgehead atoms. The second-order valence-corrected chi connectivity index (χ2v) is 11.3. The molecule has 0 spiro atoms. The molecule has 0 aliphatic carbocycles. The summed E-state index contributed by atoms with van der Waals surface area (Å²) in [6, 6.07) is 21.5. The van der Waals surface area contributed by atoms with Crippen molar-refractivity contribution in [2.45, 2.75) is 33.1 Å². The fourth-order valence-corrected chi connectivity index (χ4v) is 4.79. The molecule has 210 valence electrons. The lowest BCUT2D eigenvalue weighted by Crippen LogP contribution is -2.26. The summed E-state index contributed by atoms with van der Waals surface area (Å²) >= 11 is 6.15. The van der Waals surface area contributed by atoms with E-state index < -0.39 is 17.9 Å². The highest BCUT2D eigenvalue weighted by Crippen LogP contribution is 2.33. The van der Waals surface area contributed by atoms with Gasteiger partial charge in [-0.2, -0.15) is 0 Å². The molecule has 1 amide bonds. The average Bonchev–Trinajstić information content (AvgIpc) is 3.15. The van der Waals surface area contributed by atoms with Gasteiger partial charge in [-0.25, -0.2) is 4.68 Å². The van der Waals surface area contributed by atoms with Gasteiger partial charge in [-0.1, -0.05) is 74.8 Å². The smallest absolute Gasteiger partial charge is 0.295 e. The molecule has 2 heterocycles. The van der Waals surface area contributed by atoms with E-state index in [9.17, 15) is 14.4 Å². The van der Waals surface area contributed by atoms with Crippen molar-refractivity contribution < 1.29 is 13.9 Å². The number of amides is 1. The summed E-state index contributed by atoms with van der Waals surface area (Å²) in [7, 11) is 1.73. The minimum absolute atomic E-state index is 0.0639. The van der Waals surface area contributed by atoms with Gasteiger partial charge in [-0.15, -0.1) is 0 Å². The van der Waals surface area contributed by atoms with Crippen LogP contribution in [0, 0.1) is 6.92 Å². The molecule has 9 heteroatoms. The van der Waals surface area contributed by atoms with E-state index >= 15 is 0 Å². The van der Waals surface area contributed by atoms with Crippen LogP contribution in [0.1, 0.15) is 32.0 Å². The van der Waals surface area contributed by atoms with E-state index in [1.165, 1.54) is 10.7 Å². The SMILES string of the molecule is Cc1c(NC(=O)COc2c(-c3ccc(C(C)(C)C)cc3)oc3ccc(Cl)cc3c2=O)c(=O)n(-c2ccccc2)n1C. The quantitative estimate of drug-likeness (QED) is 0.261. The number of carbonyl (C=O) groups excluding carboxylic acids is 1. The van der Waals surface area contributed by atoms with Crippen LogP contribution in [0.15, 0.2) is 86.8 Å². The number of aromatic nitrogens is 2. The fourth-order valence-electron chi connectivity index (χ4n) is 4.62. The zero-order chi connectivity index (χ0) is 29.5. The minimum atomic E-state index is -0.601. The largest absolute Gasteiger partial charge is 0.476 e. The summed E-state index contributed by atoms with van der Waals surface area (Å²) in [5, 5.41) is 3.25. The van der Waals surface area contributed by atoms with Gasteiger partial charge in [0, 0.05) is 17.6 Å². The molecule has 0 atom stereocenters. The van der Waals surface area contributed by atoms with Crippen LogP contribution in [0.3, 0.4) is 0 Å². The number of rotatable bonds is 6. The van der Waals surface area contributed by atoms with E-state index in [-0.39, 0.29) is 33.6 Å². The van der Waals surface area contributed by atoms with Crippen molar-refractivity contribution in [2.75, 3.05) is 11.9 Å². The topological polar surface area (TPSA) is 95.5 Å². The summed E-state index contributed by atoms with van der Waals surface area (Å²) in [5.41, 5.74) is 2.51. The first kappa shape index (κ1) is 28.0. The van der Waals surface area contributed by atoms with Gasteiger partial charge in [0.05, 0.1) is 16.8 Å². The summed E-state index contributed by atoms with van der Waals surface area (Å²) in [6.45, 7) is 7.54. The molecule has 8 nitrogen and oxygen atoms in total. The first-order valence-electron chi connectivity index (χ1n) is 13.1. The molecule has 0 radical (unpaired) electrons. The molecular weight excluding hydrogens is 542 g/mol. The molecule has 5 rings (SSSR count). The molecule has 2 aromatic heterocycles. The Morgan fingerprint density at radius 1 is 1.00 bits per heavy atom. The maximum atomic E-state index is 13.6. The van der Waals surface area contributed by atoms with E-state index in [2.05, 4.69) is 26.1 Å². The minimum Gasteiger partial charge on any atom is -0.476 e. The molecule has 41 heavy (non-hydrogen) atoms. The lowest BCUT2D eigenvalue weighted by molar-refractivity contribution is -0.118. The zero-order valence-electron chi connectivity index (χ0n) is 23.4. The van der Waals surface area contributed by atoms with Gasteiger partial charge in [-0.3, -0.25) is 19.1 Å². The van der Waals surface area contributed by atoms with E-state index in [0.29, 0.717) is 27.6 Å². The molecule has 0 unspecified atom stereocenters. The van der Waals surface area contributed by atoms with Gasteiger partial charge in [-0.05, 0) is 48.2 Å². The molecule has 0 saturated carbocycles. The Morgan fingerprint density at radius 2 is 1.68 bits per heavy atom. The number of halogens is 1. The normalized spacial score (nSPS) is 11.6. The number of hydrogen-bond donors (Lipinski definition) is 1. The molecule has 3 aromatic carbocycles. The molecule has 0 aliphatic rings. The number of anilines is 1. The van der Waals surface area contributed by atoms with Gasteiger partial charge in [0.2, 0.25) is 11.2 Å². The van der Waals surface area contributed by atoms with Crippen molar-refractivity contribution in [3.05, 3.63) is 110 Å². The Labute approximate surface area is 241 Å². The van der Waals surface area contributed by atoms with Crippen molar-refractivity contribution in [2.24, 2.45) is 7.05 Å². The van der Waals surface area contributed by atoms with Crippen molar-refractivity contribution in [1.82, 2.24) is 9.36 Å². The summed E-state index contributed by atoms with van der Waals surface area (Å²) in [4.78, 5) is 39.8. The van der Waals surface area contributed by atoms with Crippen molar-refractivity contribution in [1.29, 1.82) is 0 Å². The number of hydrogen-bond acceptors (Lipinski definition) is 5. The average molecular weight is 572 g/mol. The highest BCUT2D eigenvalue weighted by molar-refractivity contribution is 6.31. The van der Waals surface area contributed by atoms with E-state index in [1.807, 2.05) is 42.5 Å². The van der Waals surface area contributed by atoms with Crippen LogP contribution in [0.5, 0.6) is 5.75 Å². The fraction of sp³-hybridized carbons (Fsp3) is 0.219. The van der Waals surface area contributed by atoms with Gasteiger partial charge in [0.1, 0.15) is 11.3 Å². The van der Waals surface area contributed by atoms with Crippen LogP contribution in [-0.2, 0) is 17.3 Å². The van der Waals surface area contributed by atoms with Crippen molar-refractivity contribution in [3.63, 3.8) is 0 Å². The third-order valence-electron chi connectivity index (χ3n) is 6.99. The van der Waals surface area contributed by atoms with E-state index in [1.54, 1.807) is 42.9 Å². The van der Waals surface area contributed by atoms with Crippen molar-refractivity contribution in [3.8, 4) is 22.8 Å². The van der Waals surface area contributed by atoms with Crippen LogP contribution < -0.4 is 21.0 Å². The van der Waals surface area contributed by atoms with Crippen LogP contribution in [-0.4, -0.2) is 21.9 Å². The van der Waals surface area contributed by atoms with Gasteiger partial charge < -0.3 is 14.5 Å². The third kappa shape index (κ3) is 5.43. The second kappa shape index (κ2) is 10.8. The monoisotopic (exact) mass is 571 g/mol. The third-order valence-corrected chi connectivity index (χ3v) is 7.23. The summed E-state index contributed by atoms with van der Waals surface area (Å²) in [6.07, 6.45) is 0. The maximum absolute atomic E-state index is 13.6. The van der Waals surface area contributed by atoms with Crippen LogP contribution in [0.4, 0.5) is 5.69 Å². The standard InChI is InChI=1S/C32H30ClN3O5/c1-19-27(31(39)36(35(19)5)23-9-7-6-8-10-23)34-26(37)18-40-30-28(38)24-17-22(33)15-16-25(24)41-29(30)20-11-13-21(14-12-20)32(2,3)4/h6-17H,18H2,1-5H3,(H,34,37). The number of nitrogens with one attached hydrogen (secondary N) is 1. The van der Waals surface area contributed by atoms with E-state index in [4.69, 9.17) is 20.8 Å². The predicted octanol–water partition coefficient (Wildman–Crippen LogP) is 6.23. The Hall–Kier alpha value is -4.56. The van der Waals surface area contributed by atoms with Crippen LogP contribution in [0.2, 0.25) is 5.02 Å². The first-order chi connectivity index (χ1) is 19.5. The Morgan fingerprint density at radius 3 is 2.34 bits per heavy atom. The van der Waals surface area contributed by atoms with E-state index in [0.717, 1.165) is 5.56 Å². The van der Waals surface area contributed by atoms with Crippen molar-refractivity contribution >= 4 is 34.2 Å². The Bertz CT molecular complexity index is 1880. The lowest BCUT2D eigenvalue weighted by Gasteiger charge is -2.19. The number of fused-ring (bicyclic) bond motifs is 1. The number of nitrogens with zero attached hydrogens (tertiary/aromatic N) is 2. The summed E-state index contributed by atoms with van der Waals surface area (Å²) < 4.78 is 15.1. The second-order valence-electron chi connectivity index (χ2n) is 10.8. The molecule has 1 N–H and O–H groups in total. The Kier molecular flexibility index (Phi) is 7.36. The first-order valence-corrected chi connectivity index (χ1v) is 13.5. The van der Waals surface area contributed by atoms with Crippen LogP contribution >= 0.6 is 11.6 Å². The number of carbonyl (C=O) groups is 1. The lowest BCUT2D eigenvalue weighted by atomic mass is 9.86. The van der Waals surface area contributed by atoms with Gasteiger partial charge in [0.25, 0.3) is 11.5 Å². The molecule has 0 fully saturated rings. The number of benzene rings is 3. The molecule has 0 aliphatic heterocycles. The highest BCUT2D eigenvalue weighted by Gasteiger charge is 2.22. The zero-order valence-corrected chi connectivity index (χ0v) is 24.2. The molecule has 0 saturated heterocycles. The Balaban J connectivity index is 1.48. The highest BCUT2D eigenvalue weighted by atomic mass is 35.5.